The van der Waals surface area contributed by atoms with Gasteiger partial charge < -0.3 is 19.5 Å². The number of furan rings is 1. The Morgan fingerprint density at radius 1 is 1.00 bits per heavy atom. The van der Waals surface area contributed by atoms with Gasteiger partial charge in [-0.05, 0) is 42.3 Å². The number of benzene rings is 3. The van der Waals surface area contributed by atoms with Crippen LogP contribution in [0.2, 0.25) is 0 Å². The number of aryl methyl sites for hydroxylation is 1. The van der Waals surface area contributed by atoms with Crippen molar-refractivity contribution in [3.63, 3.8) is 0 Å². The molecule has 0 unspecified atom stereocenters. The van der Waals surface area contributed by atoms with Gasteiger partial charge in [-0.3, -0.25) is 4.79 Å². The van der Waals surface area contributed by atoms with E-state index in [1.807, 2.05) is 73.8 Å². The number of ether oxygens (including phenoxy) is 1. The van der Waals surface area contributed by atoms with Gasteiger partial charge in [-0.1, -0.05) is 48.5 Å². The zero-order valence-corrected chi connectivity index (χ0v) is 18.0. The summed E-state index contributed by atoms with van der Waals surface area (Å²) in [6.45, 7) is 2.35. The quantitative estimate of drug-likeness (QED) is 0.362. The molecule has 2 aromatic heterocycles. The minimum Gasteiger partial charge on any atom is -0.497 e. The lowest BCUT2D eigenvalue weighted by Gasteiger charge is -2.18. The van der Waals surface area contributed by atoms with Crippen molar-refractivity contribution in [1.82, 2.24) is 10.3 Å². The highest BCUT2D eigenvalue weighted by atomic mass is 16.5. The van der Waals surface area contributed by atoms with E-state index in [1.54, 1.807) is 7.11 Å². The maximum Gasteiger partial charge on any atom is 0.287 e. The zero-order valence-electron chi connectivity index (χ0n) is 18.0. The minimum absolute atomic E-state index is 0.0364. The van der Waals surface area contributed by atoms with Crippen LogP contribution in [-0.4, -0.2) is 24.5 Å². The van der Waals surface area contributed by atoms with Gasteiger partial charge in [-0.25, -0.2) is 0 Å². The Kier molecular flexibility index (Phi) is 5.15. The van der Waals surface area contributed by atoms with Gasteiger partial charge in [0.1, 0.15) is 11.3 Å². The monoisotopic (exact) mass is 424 g/mol. The molecule has 160 valence electrons. The first-order chi connectivity index (χ1) is 15.7. The SMILES string of the molecule is COc1ccc([C@H](CNC(=O)c2oc3ccccc3c2C)c2c[nH]c3ccccc23)cc1. The fourth-order valence-corrected chi connectivity index (χ4v) is 4.29. The molecular formula is C27H24N2O3. The number of rotatable bonds is 6. The fourth-order valence-electron chi connectivity index (χ4n) is 4.29. The molecule has 0 aliphatic carbocycles. The van der Waals surface area contributed by atoms with Gasteiger partial charge in [-0.2, -0.15) is 0 Å². The smallest absolute Gasteiger partial charge is 0.287 e. The highest BCUT2D eigenvalue weighted by Gasteiger charge is 2.22. The molecule has 5 nitrogen and oxygen atoms in total. The number of nitrogens with one attached hydrogen (secondary N) is 2. The molecule has 0 aliphatic heterocycles. The number of H-pyrrole nitrogens is 1. The molecule has 0 bridgehead atoms. The first kappa shape index (κ1) is 19.9. The molecule has 1 atom stereocenters. The zero-order chi connectivity index (χ0) is 22.1. The summed E-state index contributed by atoms with van der Waals surface area (Å²) < 4.78 is 11.2. The average molecular weight is 425 g/mol. The van der Waals surface area contributed by atoms with Crippen LogP contribution in [0.3, 0.4) is 0 Å². The number of hydrogen-bond acceptors (Lipinski definition) is 3. The average Bonchev–Trinajstić information content (AvgIpc) is 3.41. The number of carbonyl (C=O) groups is 1. The summed E-state index contributed by atoms with van der Waals surface area (Å²) >= 11 is 0. The van der Waals surface area contributed by atoms with Crippen molar-refractivity contribution < 1.29 is 13.9 Å². The van der Waals surface area contributed by atoms with E-state index in [2.05, 4.69) is 22.4 Å². The second kappa shape index (κ2) is 8.27. The lowest BCUT2D eigenvalue weighted by Crippen LogP contribution is -2.29. The Morgan fingerprint density at radius 2 is 1.72 bits per heavy atom. The van der Waals surface area contributed by atoms with Gasteiger partial charge in [0.2, 0.25) is 0 Å². The first-order valence-electron chi connectivity index (χ1n) is 10.6. The molecule has 5 aromatic rings. The summed E-state index contributed by atoms with van der Waals surface area (Å²) in [5, 5.41) is 5.20. The van der Waals surface area contributed by atoms with E-state index in [1.165, 1.54) is 0 Å². The molecule has 32 heavy (non-hydrogen) atoms. The number of hydrogen-bond donors (Lipinski definition) is 2. The van der Waals surface area contributed by atoms with Crippen LogP contribution in [0.5, 0.6) is 5.75 Å². The van der Waals surface area contributed by atoms with Crippen LogP contribution < -0.4 is 10.1 Å². The molecule has 0 radical (unpaired) electrons. The molecule has 0 aliphatic rings. The summed E-state index contributed by atoms with van der Waals surface area (Å²) in [5.41, 5.74) is 4.87. The fraction of sp³-hybridized carbons (Fsp3) is 0.148. The van der Waals surface area contributed by atoms with E-state index >= 15 is 0 Å². The van der Waals surface area contributed by atoms with E-state index in [4.69, 9.17) is 9.15 Å². The molecule has 5 heteroatoms. The van der Waals surface area contributed by atoms with Crippen molar-refractivity contribution in [2.24, 2.45) is 0 Å². The molecule has 0 saturated carbocycles. The van der Waals surface area contributed by atoms with Crippen LogP contribution in [0, 0.1) is 6.92 Å². The molecule has 5 rings (SSSR count). The summed E-state index contributed by atoms with van der Waals surface area (Å²) in [5.74, 6) is 0.912. The molecule has 1 amide bonds. The van der Waals surface area contributed by atoms with Crippen molar-refractivity contribution in [2.45, 2.75) is 12.8 Å². The van der Waals surface area contributed by atoms with Gasteiger partial charge in [-0.15, -0.1) is 0 Å². The largest absolute Gasteiger partial charge is 0.497 e. The highest BCUT2D eigenvalue weighted by Crippen LogP contribution is 2.32. The number of amides is 1. The van der Waals surface area contributed by atoms with Crippen LogP contribution in [0.1, 0.15) is 33.2 Å². The molecule has 0 spiro atoms. The predicted octanol–water partition coefficient (Wildman–Crippen LogP) is 5.79. The number of carbonyl (C=O) groups excluding carboxylic acids is 1. The van der Waals surface area contributed by atoms with Gasteiger partial charge in [0, 0.05) is 40.5 Å². The van der Waals surface area contributed by atoms with E-state index < -0.39 is 0 Å². The summed E-state index contributed by atoms with van der Waals surface area (Å²) in [6.07, 6.45) is 2.03. The van der Waals surface area contributed by atoms with Crippen LogP contribution >= 0.6 is 0 Å². The Balaban J connectivity index is 1.47. The number of aromatic amines is 1. The van der Waals surface area contributed by atoms with Crippen molar-refractivity contribution in [1.29, 1.82) is 0 Å². The number of para-hydroxylation sites is 2. The molecule has 0 fully saturated rings. The Morgan fingerprint density at radius 3 is 2.47 bits per heavy atom. The minimum atomic E-state index is -0.211. The first-order valence-corrected chi connectivity index (χ1v) is 10.6. The summed E-state index contributed by atoms with van der Waals surface area (Å²) in [4.78, 5) is 16.4. The Bertz CT molecular complexity index is 1400. The normalized spacial score (nSPS) is 12.2. The predicted molar refractivity (Wildman–Crippen MR) is 126 cm³/mol. The van der Waals surface area contributed by atoms with Gasteiger partial charge >= 0.3 is 0 Å². The van der Waals surface area contributed by atoms with Crippen molar-refractivity contribution in [3.05, 3.63) is 101 Å². The van der Waals surface area contributed by atoms with Crippen molar-refractivity contribution >= 4 is 27.8 Å². The summed E-state index contributed by atoms with van der Waals surface area (Å²) in [7, 11) is 1.65. The topological polar surface area (TPSA) is 67.3 Å². The lowest BCUT2D eigenvalue weighted by atomic mass is 9.90. The van der Waals surface area contributed by atoms with Crippen LogP contribution in [0.15, 0.2) is 83.4 Å². The second-order valence-corrected chi connectivity index (χ2v) is 7.88. The van der Waals surface area contributed by atoms with E-state index in [0.29, 0.717) is 12.3 Å². The van der Waals surface area contributed by atoms with Crippen molar-refractivity contribution in [3.8, 4) is 5.75 Å². The number of aromatic nitrogens is 1. The van der Waals surface area contributed by atoms with Crippen LogP contribution in [0.4, 0.5) is 0 Å². The number of methoxy groups -OCH3 is 1. The molecule has 2 N–H and O–H groups in total. The molecular weight excluding hydrogens is 400 g/mol. The summed E-state index contributed by atoms with van der Waals surface area (Å²) in [6, 6.07) is 23.9. The highest BCUT2D eigenvalue weighted by molar-refractivity contribution is 5.99. The van der Waals surface area contributed by atoms with Gasteiger partial charge in [0.15, 0.2) is 5.76 Å². The van der Waals surface area contributed by atoms with Crippen LogP contribution in [0.25, 0.3) is 21.9 Å². The molecule has 3 aromatic carbocycles. The Labute approximate surface area is 186 Å². The van der Waals surface area contributed by atoms with E-state index in [0.717, 1.165) is 44.3 Å². The maximum absolute atomic E-state index is 13.1. The maximum atomic E-state index is 13.1. The van der Waals surface area contributed by atoms with Gasteiger partial charge in [0.25, 0.3) is 5.91 Å². The standard InChI is InChI=1S/C27H24N2O3/c1-17-20-7-4-6-10-25(20)32-26(17)27(30)29-15-22(18-11-13-19(31-2)14-12-18)23-16-28-24-9-5-3-8-21(23)24/h3-14,16,22,28H,15H2,1-2H3,(H,29,30)/t22-/m0/s1. The molecule has 0 saturated heterocycles. The van der Waals surface area contributed by atoms with Gasteiger partial charge in [0.05, 0.1) is 7.11 Å². The molecule has 2 heterocycles. The van der Waals surface area contributed by atoms with Crippen LogP contribution in [-0.2, 0) is 0 Å². The second-order valence-electron chi connectivity index (χ2n) is 7.88. The van der Waals surface area contributed by atoms with Crippen molar-refractivity contribution in [2.75, 3.05) is 13.7 Å². The number of fused-ring (bicyclic) bond motifs is 2. The third-order valence-corrected chi connectivity index (χ3v) is 6.03. The van der Waals surface area contributed by atoms with E-state index in [-0.39, 0.29) is 11.8 Å². The van der Waals surface area contributed by atoms with E-state index in [9.17, 15) is 4.79 Å². The Hall–Kier alpha value is -3.99. The third-order valence-electron chi connectivity index (χ3n) is 6.03. The lowest BCUT2D eigenvalue weighted by molar-refractivity contribution is 0.0926. The third kappa shape index (κ3) is 3.52.